The number of carboxylic acid groups (broad SMARTS) is 1. The Morgan fingerprint density at radius 3 is 3.00 bits per heavy atom. The van der Waals surface area contributed by atoms with Crippen LogP contribution in [0.1, 0.15) is 5.56 Å². The fourth-order valence-electron chi connectivity index (χ4n) is 0.882. The molecule has 14 heavy (non-hydrogen) atoms. The molecule has 1 aromatic carbocycles. The molecule has 1 rings (SSSR count). The van der Waals surface area contributed by atoms with E-state index in [1.54, 1.807) is 18.2 Å². The second-order valence-electron chi connectivity index (χ2n) is 2.59. The Hall–Kier alpha value is -2.15. The maximum atomic E-state index is 10.1. The summed E-state index contributed by atoms with van der Waals surface area (Å²) in [6.07, 6.45) is -1.08. The number of nitrogens with two attached hydrogens (primary N) is 1. The molecular weight excluding hydrogens is 180 g/mol. The molecule has 0 bridgehead atoms. The van der Waals surface area contributed by atoms with E-state index in [1.807, 2.05) is 6.07 Å². The zero-order valence-electron chi connectivity index (χ0n) is 7.45. The average Bonchev–Trinajstić information content (AvgIpc) is 2.12. The lowest BCUT2D eigenvalue weighted by Gasteiger charge is -1.93. The van der Waals surface area contributed by atoms with Crippen molar-refractivity contribution in [2.45, 2.75) is 0 Å². The van der Waals surface area contributed by atoms with Crippen molar-refractivity contribution in [2.24, 2.45) is 0 Å². The molecule has 0 atom stereocenters. The van der Waals surface area contributed by atoms with E-state index in [0.29, 0.717) is 5.69 Å². The summed E-state index contributed by atoms with van der Waals surface area (Å²) in [5, 5.41) is 10.4. The van der Waals surface area contributed by atoms with Crippen LogP contribution in [0.5, 0.6) is 0 Å². The molecule has 0 aliphatic rings. The molecule has 1 amide bonds. The lowest BCUT2D eigenvalue weighted by atomic mass is 10.2. The van der Waals surface area contributed by atoms with Crippen LogP contribution >= 0.6 is 0 Å². The third kappa shape index (κ3) is 3.50. The van der Waals surface area contributed by atoms with Gasteiger partial charge in [-0.2, -0.15) is 0 Å². The van der Waals surface area contributed by atoms with Gasteiger partial charge >= 0.3 is 6.09 Å². The van der Waals surface area contributed by atoms with E-state index >= 15 is 0 Å². The molecule has 0 unspecified atom stereocenters. The van der Waals surface area contributed by atoms with Crippen molar-refractivity contribution in [3.8, 4) is 11.8 Å². The van der Waals surface area contributed by atoms with Crippen molar-refractivity contribution in [3.05, 3.63) is 29.8 Å². The summed E-state index contributed by atoms with van der Waals surface area (Å²) < 4.78 is 0. The third-order valence-corrected chi connectivity index (χ3v) is 1.45. The zero-order chi connectivity index (χ0) is 10.4. The molecule has 0 saturated carbocycles. The van der Waals surface area contributed by atoms with Crippen molar-refractivity contribution in [1.82, 2.24) is 5.32 Å². The number of benzene rings is 1. The second kappa shape index (κ2) is 4.77. The van der Waals surface area contributed by atoms with Crippen LogP contribution in [0.15, 0.2) is 24.3 Å². The fraction of sp³-hybridized carbons (Fsp3) is 0.100. The summed E-state index contributed by atoms with van der Waals surface area (Å²) in [6, 6.07) is 7.10. The van der Waals surface area contributed by atoms with Gasteiger partial charge in [-0.1, -0.05) is 17.9 Å². The van der Waals surface area contributed by atoms with Gasteiger partial charge in [-0.15, -0.1) is 0 Å². The Kier molecular flexibility index (Phi) is 3.39. The van der Waals surface area contributed by atoms with E-state index in [-0.39, 0.29) is 6.54 Å². The molecule has 0 aromatic heterocycles. The topological polar surface area (TPSA) is 75.3 Å². The van der Waals surface area contributed by atoms with Gasteiger partial charge < -0.3 is 16.2 Å². The number of rotatable bonds is 1. The highest BCUT2D eigenvalue weighted by Gasteiger charge is 1.89. The minimum Gasteiger partial charge on any atom is -0.465 e. The summed E-state index contributed by atoms with van der Waals surface area (Å²) in [4.78, 5) is 10.1. The fourth-order valence-corrected chi connectivity index (χ4v) is 0.882. The predicted molar refractivity (Wildman–Crippen MR) is 53.8 cm³/mol. The van der Waals surface area contributed by atoms with Gasteiger partial charge in [0.1, 0.15) is 0 Å². The maximum Gasteiger partial charge on any atom is 0.405 e. The molecule has 0 saturated heterocycles. The van der Waals surface area contributed by atoms with Gasteiger partial charge in [0, 0.05) is 11.3 Å². The quantitative estimate of drug-likeness (QED) is 0.454. The van der Waals surface area contributed by atoms with Crippen molar-refractivity contribution >= 4 is 11.8 Å². The third-order valence-electron chi connectivity index (χ3n) is 1.45. The Morgan fingerprint density at radius 1 is 1.57 bits per heavy atom. The Morgan fingerprint density at radius 2 is 2.36 bits per heavy atom. The van der Waals surface area contributed by atoms with Gasteiger partial charge in [0.15, 0.2) is 0 Å². The number of hydrogen-bond acceptors (Lipinski definition) is 2. The summed E-state index contributed by atoms with van der Waals surface area (Å²) in [7, 11) is 0. The van der Waals surface area contributed by atoms with Crippen LogP contribution in [0.3, 0.4) is 0 Å². The molecule has 1 aromatic rings. The van der Waals surface area contributed by atoms with Crippen LogP contribution in [0.25, 0.3) is 0 Å². The van der Waals surface area contributed by atoms with Gasteiger partial charge in [0.2, 0.25) is 0 Å². The minimum atomic E-state index is -1.08. The van der Waals surface area contributed by atoms with Crippen molar-refractivity contribution < 1.29 is 9.90 Å². The summed E-state index contributed by atoms with van der Waals surface area (Å²) in [5.74, 6) is 5.45. The van der Waals surface area contributed by atoms with Gasteiger partial charge in [-0.3, -0.25) is 0 Å². The summed E-state index contributed by atoms with van der Waals surface area (Å²) in [5.41, 5.74) is 6.95. The van der Waals surface area contributed by atoms with Gasteiger partial charge in [0.05, 0.1) is 6.54 Å². The Labute approximate surface area is 81.7 Å². The number of anilines is 1. The number of nitrogen functional groups attached to an aromatic ring is 1. The molecular formula is C10H10N2O2. The summed E-state index contributed by atoms with van der Waals surface area (Å²) >= 11 is 0. The van der Waals surface area contributed by atoms with Crippen molar-refractivity contribution in [1.29, 1.82) is 0 Å². The number of amides is 1. The van der Waals surface area contributed by atoms with E-state index in [9.17, 15) is 4.79 Å². The predicted octanol–water partition coefficient (Wildman–Crippen LogP) is 0.888. The molecule has 0 aliphatic carbocycles. The molecule has 0 aliphatic heterocycles. The first kappa shape index (κ1) is 9.93. The van der Waals surface area contributed by atoms with Crippen molar-refractivity contribution in [3.63, 3.8) is 0 Å². The first-order valence-corrected chi connectivity index (χ1v) is 3.99. The molecule has 4 heteroatoms. The molecule has 4 N–H and O–H groups in total. The largest absolute Gasteiger partial charge is 0.465 e. The SMILES string of the molecule is Nc1cccc(C#CCNC(=O)O)c1. The summed E-state index contributed by atoms with van der Waals surface area (Å²) in [6.45, 7) is 0.115. The lowest BCUT2D eigenvalue weighted by molar-refractivity contribution is 0.196. The molecule has 0 fully saturated rings. The number of hydrogen-bond donors (Lipinski definition) is 3. The minimum absolute atomic E-state index is 0.115. The lowest BCUT2D eigenvalue weighted by Crippen LogP contribution is -2.20. The number of nitrogens with one attached hydrogen (secondary N) is 1. The van der Waals surface area contributed by atoms with E-state index in [2.05, 4.69) is 17.2 Å². The first-order valence-electron chi connectivity index (χ1n) is 3.99. The standard InChI is InChI=1S/C10H10N2O2/c11-9-5-1-3-8(7-9)4-2-6-12-10(13)14/h1,3,5,7,12H,6,11H2,(H,13,14). The van der Waals surface area contributed by atoms with Gasteiger partial charge in [-0.05, 0) is 18.2 Å². The zero-order valence-corrected chi connectivity index (χ0v) is 7.45. The Balaban J connectivity index is 2.55. The van der Waals surface area contributed by atoms with Crippen LogP contribution in [-0.4, -0.2) is 17.7 Å². The highest BCUT2D eigenvalue weighted by atomic mass is 16.4. The van der Waals surface area contributed by atoms with E-state index in [4.69, 9.17) is 10.8 Å². The smallest absolute Gasteiger partial charge is 0.405 e. The monoisotopic (exact) mass is 190 g/mol. The average molecular weight is 190 g/mol. The van der Waals surface area contributed by atoms with Crippen LogP contribution in [0.4, 0.5) is 10.5 Å². The van der Waals surface area contributed by atoms with E-state index in [1.165, 1.54) is 0 Å². The van der Waals surface area contributed by atoms with E-state index < -0.39 is 6.09 Å². The van der Waals surface area contributed by atoms with Crippen LogP contribution < -0.4 is 11.1 Å². The second-order valence-corrected chi connectivity index (χ2v) is 2.59. The van der Waals surface area contributed by atoms with Crippen LogP contribution in [-0.2, 0) is 0 Å². The molecule has 72 valence electrons. The Bertz CT molecular complexity index is 391. The first-order chi connectivity index (χ1) is 6.68. The maximum absolute atomic E-state index is 10.1. The molecule has 0 spiro atoms. The molecule has 0 heterocycles. The normalized spacial score (nSPS) is 8.57. The van der Waals surface area contributed by atoms with Gasteiger partial charge in [0.25, 0.3) is 0 Å². The van der Waals surface area contributed by atoms with E-state index in [0.717, 1.165) is 5.56 Å². The number of carbonyl (C=O) groups is 1. The highest BCUT2D eigenvalue weighted by Crippen LogP contribution is 2.04. The molecule has 0 radical (unpaired) electrons. The van der Waals surface area contributed by atoms with Crippen molar-refractivity contribution in [2.75, 3.05) is 12.3 Å². The van der Waals surface area contributed by atoms with Crippen LogP contribution in [0.2, 0.25) is 0 Å². The van der Waals surface area contributed by atoms with Crippen LogP contribution in [0, 0.1) is 11.8 Å². The molecule has 4 nitrogen and oxygen atoms in total. The van der Waals surface area contributed by atoms with Gasteiger partial charge in [-0.25, -0.2) is 4.79 Å². The highest BCUT2D eigenvalue weighted by molar-refractivity contribution is 5.64.